The van der Waals surface area contributed by atoms with E-state index in [4.69, 9.17) is 29.6 Å². The van der Waals surface area contributed by atoms with Crippen LogP contribution in [0.2, 0.25) is 5.02 Å². The van der Waals surface area contributed by atoms with E-state index in [1.165, 1.54) is 11.3 Å². The fraction of sp³-hybridized carbons (Fsp3) is 0. The Morgan fingerprint density at radius 2 is 2.31 bits per heavy atom. The van der Waals surface area contributed by atoms with Gasteiger partial charge in [0.25, 0.3) is 0 Å². The minimum Gasteiger partial charge on any atom is -0.387 e. The number of thiazole rings is 1. The van der Waals surface area contributed by atoms with Crippen LogP contribution in [-0.4, -0.2) is 9.97 Å². The van der Waals surface area contributed by atoms with Gasteiger partial charge in [-0.15, -0.1) is 11.3 Å². The highest BCUT2D eigenvalue weighted by Crippen LogP contribution is 2.24. The third kappa shape index (κ3) is 1.65. The van der Waals surface area contributed by atoms with E-state index in [1.807, 2.05) is 12.1 Å². The second kappa shape index (κ2) is 3.21. The molecule has 13 heavy (non-hydrogen) atoms. The summed E-state index contributed by atoms with van der Waals surface area (Å²) in [6.45, 7) is 0. The quantitative estimate of drug-likeness (QED) is 0.763. The molecule has 0 atom stereocenters. The first-order valence-corrected chi connectivity index (χ1v) is 5.13. The van der Waals surface area contributed by atoms with Crippen molar-refractivity contribution in [2.45, 2.75) is 0 Å². The zero-order valence-electron chi connectivity index (χ0n) is 6.45. The van der Waals surface area contributed by atoms with Gasteiger partial charge in [0.1, 0.15) is 4.99 Å². The molecular formula is C8H5ClN2S2. The summed E-state index contributed by atoms with van der Waals surface area (Å²) < 4.78 is 1.01. The van der Waals surface area contributed by atoms with Gasteiger partial charge in [-0.25, -0.2) is 4.98 Å². The Labute approximate surface area is 89.3 Å². The average molecular weight is 229 g/mol. The highest BCUT2D eigenvalue weighted by molar-refractivity contribution is 7.81. The third-order valence-corrected chi connectivity index (χ3v) is 3.17. The van der Waals surface area contributed by atoms with Crippen LogP contribution in [0.5, 0.6) is 0 Å². The maximum absolute atomic E-state index is 5.82. The maximum Gasteiger partial charge on any atom is 0.151 e. The van der Waals surface area contributed by atoms with E-state index in [0.717, 1.165) is 10.2 Å². The van der Waals surface area contributed by atoms with Crippen molar-refractivity contribution < 1.29 is 0 Å². The van der Waals surface area contributed by atoms with E-state index in [2.05, 4.69) is 4.98 Å². The van der Waals surface area contributed by atoms with Gasteiger partial charge in [-0.05, 0) is 18.2 Å². The van der Waals surface area contributed by atoms with E-state index in [0.29, 0.717) is 15.0 Å². The van der Waals surface area contributed by atoms with Crippen molar-refractivity contribution in [2.75, 3.05) is 0 Å². The lowest BCUT2D eigenvalue weighted by molar-refractivity contribution is 1.45. The molecule has 5 heteroatoms. The molecule has 0 bridgehead atoms. The van der Waals surface area contributed by atoms with E-state index in [1.54, 1.807) is 6.07 Å². The Bertz CT molecular complexity index is 478. The Morgan fingerprint density at radius 3 is 3.00 bits per heavy atom. The van der Waals surface area contributed by atoms with Gasteiger partial charge in [0.15, 0.2) is 5.01 Å². The summed E-state index contributed by atoms with van der Waals surface area (Å²) in [4.78, 5) is 4.58. The lowest BCUT2D eigenvalue weighted by Crippen LogP contribution is -2.08. The van der Waals surface area contributed by atoms with Crippen molar-refractivity contribution in [3.8, 4) is 0 Å². The Kier molecular flexibility index (Phi) is 2.19. The van der Waals surface area contributed by atoms with Crippen LogP contribution in [0.3, 0.4) is 0 Å². The molecule has 2 rings (SSSR count). The number of fused-ring (bicyclic) bond motifs is 1. The second-order valence-corrected chi connectivity index (χ2v) is 4.40. The van der Waals surface area contributed by atoms with Gasteiger partial charge in [0, 0.05) is 5.02 Å². The molecule has 0 saturated carbocycles. The second-order valence-electron chi connectivity index (χ2n) is 2.50. The lowest BCUT2D eigenvalue weighted by atomic mass is 10.3. The fourth-order valence-corrected chi connectivity index (χ4v) is 2.27. The molecule has 1 aromatic carbocycles. The molecule has 0 amide bonds. The number of rotatable bonds is 1. The molecule has 0 fully saturated rings. The van der Waals surface area contributed by atoms with Crippen molar-refractivity contribution in [1.82, 2.24) is 4.98 Å². The zero-order chi connectivity index (χ0) is 9.42. The first-order valence-electron chi connectivity index (χ1n) is 3.53. The number of benzene rings is 1. The summed E-state index contributed by atoms with van der Waals surface area (Å²) >= 11 is 12.1. The number of hydrogen-bond donors (Lipinski definition) is 1. The first kappa shape index (κ1) is 8.87. The normalized spacial score (nSPS) is 10.5. The smallest absolute Gasteiger partial charge is 0.151 e. The topological polar surface area (TPSA) is 38.9 Å². The lowest BCUT2D eigenvalue weighted by Gasteiger charge is -1.86. The molecule has 1 heterocycles. The van der Waals surface area contributed by atoms with Crippen LogP contribution in [0, 0.1) is 0 Å². The van der Waals surface area contributed by atoms with Gasteiger partial charge in [-0.2, -0.15) is 0 Å². The predicted octanol–water partition coefficient (Wildman–Crippen LogP) is 2.58. The number of nitrogens with zero attached hydrogens (tertiary/aromatic N) is 1. The summed E-state index contributed by atoms with van der Waals surface area (Å²) in [5.74, 6) is 0. The fourth-order valence-electron chi connectivity index (χ4n) is 1.00. The first-order chi connectivity index (χ1) is 6.16. The summed E-state index contributed by atoms with van der Waals surface area (Å²) in [6.07, 6.45) is 0. The van der Waals surface area contributed by atoms with Crippen molar-refractivity contribution in [2.24, 2.45) is 5.73 Å². The molecule has 0 unspecified atom stereocenters. The number of halogens is 1. The molecule has 2 N–H and O–H groups in total. The molecule has 0 radical (unpaired) electrons. The minimum atomic E-state index is 0.331. The molecule has 0 aliphatic rings. The van der Waals surface area contributed by atoms with Crippen LogP contribution in [0.1, 0.15) is 5.01 Å². The largest absolute Gasteiger partial charge is 0.387 e. The summed E-state index contributed by atoms with van der Waals surface area (Å²) in [7, 11) is 0. The van der Waals surface area contributed by atoms with Crippen molar-refractivity contribution in [1.29, 1.82) is 0 Å². The van der Waals surface area contributed by atoms with Gasteiger partial charge < -0.3 is 5.73 Å². The van der Waals surface area contributed by atoms with Crippen molar-refractivity contribution >= 4 is 50.4 Å². The average Bonchev–Trinajstić information content (AvgIpc) is 2.46. The van der Waals surface area contributed by atoms with Crippen LogP contribution in [0.15, 0.2) is 18.2 Å². The number of thiocarbonyl (C=S) groups is 1. The van der Waals surface area contributed by atoms with E-state index >= 15 is 0 Å². The Morgan fingerprint density at radius 1 is 1.54 bits per heavy atom. The molecule has 0 aliphatic carbocycles. The molecule has 66 valence electrons. The third-order valence-electron chi connectivity index (χ3n) is 1.56. The van der Waals surface area contributed by atoms with Crippen LogP contribution >= 0.6 is 35.2 Å². The van der Waals surface area contributed by atoms with E-state index in [9.17, 15) is 0 Å². The number of aromatic nitrogens is 1. The molecule has 2 nitrogen and oxygen atoms in total. The van der Waals surface area contributed by atoms with E-state index < -0.39 is 0 Å². The van der Waals surface area contributed by atoms with Crippen molar-refractivity contribution in [3.63, 3.8) is 0 Å². The van der Waals surface area contributed by atoms with Crippen molar-refractivity contribution in [3.05, 3.63) is 28.2 Å². The highest BCUT2D eigenvalue weighted by atomic mass is 35.5. The molecule has 0 saturated heterocycles. The Balaban J connectivity index is 2.68. The molecule has 0 spiro atoms. The SMILES string of the molecule is NC(=S)c1nc2ccc(Cl)cc2s1. The molecular weight excluding hydrogens is 224 g/mol. The predicted molar refractivity (Wildman–Crippen MR) is 60.5 cm³/mol. The van der Waals surface area contributed by atoms with Gasteiger partial charge in [0.05, 0.1) is 10.2 Å². The van der Waals surface area contributed by atoms with Crippen LogP contribution < -0.4 is 5.73 Å². The van der Waals surface area contributed by atoms with Gasteiger partial charge in [-0.1, -0.05) is 23.8 Å². The minimum absolute atomic E-state index is 0.331. The zero-order valence-corrected chi connectivity index (χ0v) is 8.84. The van der Waals surface area contributed by atoms with Gasteiger partial charge in [-0.3, -0.25) is 0 Å². The monoisotopic (exact) mass is 228 g/mol. The summed E-state index contributed by atoms with van der Waals surface area (Å²) in [6, 6.07) is 5.51. The van der Waals surface area contributed by atoms with Crippen LogP contribution in [-0.2, 0) is 0 Å². The summed E-state index contributed by atoms with van der Waals surface area (Å²) in [5, 5.41) is 1.39. The molecule has 1 aromatic heterocycles. The van der Waals surface area contributed by atoms with E-state index in [-0.39, 0.29) is 0 Å². The van der Waals surface area contributed by atoms with Gasteiger partial charge >= 0.3 is 0 Å². The van der Waals surface area contributed by atoms with Crippen LogP contribution in [0.4, 0.5) is 0 Å². The Hall–Kier alpha value is -0.710. The van der Waals surface area contributed by atoms with Crippen LogP contribution in [0.25, 0.3) is 10.2 Å². The maximum atomic E-state index is 5.82. The standard InChI is InChI=1S/C8H5ClN2S2/c9-4-1-2-5-6(3-4)13-8(11-5)7(10)12/h1-3H,(H2,10,12). The number of hydrogen-bond acceptors (Lipinski definition) is 3. The molecule has 2 aromatic rings. The highest BCUT2D eigenvalue weighted by Gasteiger charge is 2.05. The molecule has 0 aliphatic heterocycles. The summed E-state index contributed by atoms with van der Waals surface area (Å²) in [5.41, 5.74) is 6.35. The number of nitrogens with two attached hydrogens (primary N) is 1. The van der Waals surface area contributed by atoms with Gasteiger partial charge in [0.2, 0.25) is 0 Å².